The molecule has 0 aliphatic carbocycles. The summed E-state index contributed by atoms with van der Waals surface area (Å²) < 4.78 is 12.2. The number of nitrogen functional groups attached to an aromatic ring is 1. The highest BCUT2D eigenvalue weighted by atomic mass is 79.9. The van der Waals surface area contributed by atoms with E-state index in [2.05, 4.69) is 15.9 Å². The average Bonchev–Trinajstić information content (AvgIpc) is 2.46. The van der Waals surface area contributed by atoms with Crippen molar-refractivity contribution >= 4 is 45.0 Å². The molecule has 0 fully saturated rings. The standard InChI is InChI=1S/C15H13BrClNO2S/c16-11-7-14-13(19-3-4-20-14)5-9(11)8-21-15-2-1-10(17)6-12(15)18/h1-2,5-7H,3-4,8,18H2. The first-order chi connectivity index (χ1) is 10.1. The summed E-state index contributed by atoms with van der Waals surface area (Å²) in [6, 6.07) is 9.52. The normalized spacial score (nSPS) is 13.2. The predicted molar refractivity (Wildman–Crippen MR) is 90.6 cm³/mol. The van der Waals surface area contributed by atoms with Gasteiger partial charge in [0.05, 0.1) is 0 Å². The fourth-order valence-electron chi connectivity index (χ4n) is 2.02. The van der Waals surface area contributed by atoms with Gasteiger partial charge in [-0.15, -0.1) is 11.8 Å². The van der Waals surface area contributed by atoms with Gasteiger partial charge in [-0.25, -0.2) is 0 Å². The van der Waals surface area contributed by atoms with Gasteiger partial charge >= 0.3 is 0 Å². The Morgan fingerprint density at radius 3 is 2.57 bits per heavy atom. The second-order valence-corrected chi connectivity index (χ2v) is 6.87. The average molecular weight is 387 g/mol. The lowest BCUT2D eigenvalue weighted by molar-refractivity contribution is 0.171. The number of nitrogens with two attached hydrogens (primary N) is 1. The lowest BCUT2D eigenvalue weighted by Gasteiger charge is -2.20. The zero-order chi connectivity index (χ0) is 14.8. The van der Waals surface area contributed by atoms with Crippen LogP contribution in [0.15, 0.2) is 39.7 Å². The van der Waals surface area contributed by atoms with E-state index >= 15 is 0 Å². The van der Waals surface area contributed by atoms with E-state index in [1.807, 2.05) is 24.3 Å². The van der Waals surface area contributed by atoms with Crippen LogP contribution in [-0.2, 0) is 5.75 Å². The number of anilines is 1. The molecule has 110 valence electrons. The Balaban J connectivity index is 1.78. The Bertz CT molecular complexity index is 681. The van der Waals surface area contributed by atoms with Gasteiger partial charge in [-0.2, -0.15) is 0 Å². The largest absolute Gasteiger partial charge is 0.486 e. The molecule has 2 aromatic carbocycles. The van der Waals surface area contributed by atoms with Crippen molar-refractivity contribution in [3.8, 4) is 11.5 Å². The molecule has 0 bridgehead atoms. The molecule has 0 spiro atoms. The first-order valence-corrected chi connectivity index (χ1v) is 8.55. The van der Waals surface area contributed by atoms with E-state index in [0.717, 1.165) is 32.2 Å². The van der Waals surface area contributed by atoms with Gasteiger partial charge in [-0.3, -0.25) is 0 Å². The van der Waals surface area contributed by atoms with Gasteiger partial charge in [-0.05, 0) is 35.9 Å². The van der Waals surface area contributed by atoms with Gasteiger partial charge in [0, 0.05) is 25.8 Å². The zero-order valence-electron chi connectivity index (χ0n) is 11.1. The second kappa shape index (κ2) is 6.38. The molecule has 0 saturated carbocycles. The molecule has 3 rings (SSSR count). The van der Waals surface area contributed by atoms with Crippen LogP contribution in [-0.4, -0.2) is 13.2 Å². The van der Waals surface area contributed by atoms with Gasteiger partial charge in [0.2, 0.25) is 0 Å². The van der Waals surface area contributed by atoms with E-state index < -0.39 is 0 Å². The minimum absolute atomic E-state index is 0.589. The first-order valence-electron chi connectivity index (χ1n) is 6.39. The minimum atomic E-state index is 0.589. The summed E-state index contributed by atoms with van der Waals surface area (Å²) in [5, 5.41) is 0.650. The van der Waals surface area contributed by atoms with E-state index in [4.69, 9.17) is 26.8 Å². The highest BCUT2D eigenvalue weighted by molar-refractivity contribution is 9.10. The van der Waals surface area contributed by atoms with Crippen molar-refractivity contribution in [1.29, 1.82) is 0 Å². The molecule has 6 heteroatoms. The molecule has 0 radical (unpaired) electrons. The number of benzene rings is 2. The Labute approximate surface area is 140 Å². The summed E-state index contributed by atoms with van der Waals surface area (Å²) in [5.74, 6) is 2.36. The molecule has 2 N–H and O–H groups in total. The summed E-state index contributed by atoms with van der Waals surface area (Å²) >= 11 is 11.2. The molecule has 0 atom stereocenters. The summed E-state index contributed by atoms with van der Waals surface area (Å²) in [6.45, 7) is 1.18. The molecule has 1 heterocycles. The van der Waals surface area contributed by atoms with Crippen LogP contribution in [0.2, 0.25) is 5.02 Å². The third-order valence-corrected chi connectivity index (χ3v) is 5.18. The molecule has 21 heavy (non-hydrogen) atoms. The van der Waals surface area contributed by atoms with Crippen molar-refractivity contribution in [2.24, 2.45) is 0 Å². The van der Waals surface area contributed by atoms with Crippen molar-refractivity contribution in [3.63, 3.8) is 0 Å². The second-order valence-electron chi connectivity index (χ2n) is 4.56. The molecule has 0 amide bonds. The number of ether oxygens (including phenoxy) is 2. The zero-order valence-corrected chi connectivity index (χ0v) is 14.2. The number of thioether (sulfide) groups is 1. The van der Waals surface area contributed by atoms with Crippen LogP contribution in [0.4, 0.5) is 5.69 Å². The van der Waals surface area contributed by atoms with Crippen LogP contribution >= 0.6 is 39.3 Å². The van der Waals surface area contributed by atoms with Crippen molar-refractivity contribution in [1.82, 2.24) is 0 Å². The molecule has 1 aliphatic rings. The molecule has 0 aromatic heterocycles. The van der Waals surface area contributed by atoms with Gasteiger partial charge < -0.3 is 15.2 Å². The Morgan fingerprint density at radius 1 is 1.14 bits per heavy atom. The van der Waals surface area contributed by atoms with Crippen molar-refractivity contribution in [2.45, 2.75) is 10.6 Å². The molecule has 1 aliphatic heterocycles. The maximum absolute atomic E-state index is 5.97. The first kappa shape index (κ1) is 14.9. The van der Waals surface area contributed by atoms with Crippen LogP contribution in [0, 0.1) is 0 Å². The summed E-state index contributed by atoms with van der Waals surface area (Å²) in [4.78, 5) is 1.01. The lowest BCUT2D eigenvalue weighted by Crippen LogP contribution is -2.15. The number of halogens is 2. The Kier molecular flexibility index (Phi) is 4.52. The Hall–Kier alpha value is -1.04. The summed E-state index contributed by atoms with van der Waals surface area (Å²) in [5.41, 5.74) is 7.81. The van der Waals surface area contributed by atoms with Crippen molar-refractivity contribution in [3.05, 3.63) is 45.4 Å². The molecule has 0 unspecified atom stereocenters. The fourth-order valence-corrected chi connectivity index (χ4v) is 3.79. The van der Waals surface area contributed by atoms with Crippen LogP contribution in [0.1, 0.15) is 5.56 Å². The van der Waals surface area contributed by atoms with Crippen LogP contribution in [0.25, 0.3) is 0 Å². The lowest BCUT2D eigenvalue weighted by atomic mass is 10.2. The summed E-state index contributed by atoms with van der Waals surface area (Å²) in [7, 11) is 0. The van der Waals surface area contributed by atoms with Crippen molar-refractivity contribution in [2.75, 3.05) is 18.9 Å². The van der Waals surface area contributed by atoms with E-state index in [1.54, 1.807) is 17.8 Å². The Morgan fingerprint density at radius 2 is 1.86 bits per heavy atom. The minimum Gasteiger partial charge on any atom is -0.486 e. The molecule has 0 saturated heterocycles. The van der Waals surface area contributed by atoms with Crippen molar-refractivity contribution < 1.29 is 9.47 Å². The van der Waals surface area contributed by atoms with Crippen LogP contribution in [0.5, 0.6) is 11.5 Å². The third kappa shape index (κ3) is 3.42. The fraction of sp³-hybridized carbons (Fsp3) is 0.200. The van der Waals surface area contributed by atoms with E-state index in [0.29, 0.717) is 23.9 Å². The highest BCUT2D eigenvalue weighted by Crippen LogP contribution is 2.38. The van der Waals surface area contributed by atoms with Gasteiger partial charge in [0.15, 0.2) is 11.5 Å². The highest BCUT2D eigenvalue weighted by Gasteiger charge is 2.15. The number of hydrogen-bond acceptors (Lipinski definition) is 4. The molecular weight excluding hydrogens is 374 g/mol. The maximum Gasteiger partial charge on any atom is 0.162 e. The number of hydrogen-bond donors (Lipinski definition) is 1. The van der Waals surface area contributed by atoms with E-state index in [-0.39, 0.29) is 0 Å². The van der Waals surface area contributed by atoms with Gasteiger partial charge in [0.1, 0.15) is 13.2 Å². The van der Waals surface area contributed by atoms with Gasteiger partial charge in [-0.1, -0.05) is 27.5 Å². The molecule has 3 nitrogen and oxygen atoms in total. The monoisotopic (exact) mass is 385 g/mol. The molecule has 2 aromatic rings. The topological polar surface area (TPSA) is 44.5 Å². The smallest absolute Gasteiger partial charge is 0.162 e. The SMILES string of the molecule is Nc1cc(Cl)ccc1SCc1cc2c(cc1Br)OCCO2. The summed E-state index contributed by atoms with van der Waals surface area (Å²) in [6.07, 6.45) is 0. The van der Waals surface area contributed by atoms with Gasteiger partial charge in [0.25, 0.3) is 0 Å². The van der Waals surface area contributed by atoms with E-state index in [1.165, 1.54) is 0 Å². The quantitative estimate of drug-likeness (QED) is 0.611. The third-order valence-electron chi connectivity index (χ3n) is 3.07. The number of rotatable bonds is 3. The molecular formula is C15H13BrClNO2S. The van der Waals surface area contributed by atoms with Crippen LogP contribution < -0.4 is 15.2 Å². The van der Waals surface area contributed by atoms with E-state index in [9.17, 15) is 0 Å². The van der Waals surface area contributed by atoms with Crippen LogP contribution in [0.3, 0.4) is 0 Å². The number of fused-ring (bicyclic) bond motifs is 1. The predicted octanol–water partition coefficient (Wildman–Crippen LogP) is 4.75. The maximum atomic E-state index is 5.97.